The van der Waals surface area contributed by atoms with Crippen molar-refractivity contribution in [2.45, 2.75) is 19.3 Å². The van der Waals surface area contributed by atoms with Crippen LogP contribution < -0.4 is 5.32 Å². The molecule has 1 amide bonds. The summed E-state index contributed by atoms with van der Waals surface area (Å²) < 4.78 is 1.83. The quantitative estimate of drug-likeness (QED) is 0.776. The maximum atomic E-state index is 12.6. The molecule has 1 aliphatic carbocycles. The molecule has 0 saturated heterocycles. The van der Waals surface area contributed by atoms with Crippen molar-refractivity contribution in [3.8, 4) is 5.69 Å². The molecule has 4 rings (SSSR count). The van der Waals surface area contributed by atoms with E-state index in [1.807, 2.05) is 35.0 Å². The fourth-order valence-corrected chi connectivity index (χ4v) is 3.18. The van der Waals surface area contributed by atoms with E-state index in [-0.39, 0.29) is 5.91 Å². The SMILES string of the molecule is O=C(Nc1c2c(nn1-c1ccccc1)CCC2)c1ccc(Cl)cc1. The third kappa shape index (κ3) is 2.69. The number of para-hydroxylation sites is 1. The lowest BCUT2D eigenvalue weighted by Crippen LogP contribution is -2.16. The van der Waals surface area contributed by atoms with Gasteiger partial charge in [-0.3, -0.25) is 4.79 Å². The molecule has 1 aromatic heterocycles. The number of carbonyl (C=O) groups excluding carboxylic acids is 1. The highest BCUT2D eigenvalue weighted by Gasteiger charge is 2.24. The molecule has 1 N–H and O–H groups in total. The highest BCUT2D eigenvalue weighted by molar-refractivity contribution is 6.30. The number of aryl methyl sites for hydroxylation is 1. The van der Waals surface area contributed by atoms with Crippen LogP contribution in [0.1, 0.15) is 28.0 Å². The van der Waals surface area contributed by atoms with Crippen molar-refractivity contribution in [3.63, 3.8) is 0 Å². The molecule has 3 aromatic rings. The number of nitrogens with zero attached hydrogens (tertiary/aromatic N) is 2. The lowest BCUT2D eigenvalue weighted by molar-refractivity contribution is 0.102. The van der Waals surface area contributed by atoms with Crippen molar-refractivity contribution in [2.75, 3.05) is 5.32 Å². The van der Waals surface area contributed by atoms with E-state index in [0.29, 0.717) is 10.6 Å². The highest BCUT2D eigenvalue weighted by atomic mass is 35.5. The number of nitrogens with one attached hydrogen (secondary N) is 1. The fraction of sp³-hybridized carbons (Fsp3) is 0.158. The summed E-state index contributed by atoms with van der Waals surface area (Å²) >= 11 is 5.90. The van der Waals surface area contributed by atoms with Crippen molar-refractivity contribution in [2.24, 2.45) is 0 Å². The van der Waals surface area contributed by atoms with E-state index in [0.717, 1.165) is 42.0 Å². The molecule has 120 valence electrons. The summed E-state index contributed by atoms with van der Waals surface area (Å²) in [6, 6.07) is 16.7. The van der Waals surface area contributed by atoms with Crippen molar-refractivity contribution in [1.29, 1.82) is 0 Å². The summed E-state index contributed by atoms with van der Waals surface area (Å²) in [4.78, 5) is 12.6. The second-order valence-corrected chi connectivity index (χ2v) is 6.27. The normalized spacial score (nSPS) is 12.9. The Morgan fingerprint density at radius 2 is 1.79 bits per heavy atom. The van der Waals surface area contributed by atoms with Gasteiger partial charge in [-0.1, -0.05) is 29.8 Å². The Kier molecular flexibility index (Phi) is 3.82. The molecule has 0 atom stereocenters. The van der Waals surface area contributed by atoms with Crippen LogP contribution in [0, 0.1) is 0 Å². The van der Waals surface area contributed by atoms with Gasteiger partial charge < -0.3 is 5.32 Å². The van der Waals surface area contributed by atoms with E-state index >= 15 is 0 Å². The Bertz CT molecular complexity index is 885. The molecule has 0 radical (unpaired) electrons. The zero-order chi connectivity index (χ0) is 16.5. The second-order valence-electron chi connectivity index (χ2n) is 5.84. The molecule has 0 aliphatic heterocycles. The number of amides is 1. The number of hydrogen-bond acceptors (Lipinski definition) is 2. The predicted octanol–water partition coefficient (Wildman–Crippen LogP) is 4.27. The average Bonchev–Trinajstić information content (AvgIpc) is 3.19. The van der Waals surface area contributed by atoms with Gasteiger partial charge in [0.15, 0.2) is 0 Å². The Labute approximate surface area is 145 Å². The number of benzene rings is 2. The first-order valence-electron chi connectivity index (χ1n) is 7.95. The summed E-state index contributed by atoms with van der Waals surface area (Å²) in [7, 11) is 0. The number of halogens is 1. The summed E-state index contributed by atoms with van der Waals surface area (Å²) in [6.45, 7) is 0. The van der Waals surface area contributed by atoms with Gasteiger partial charge in [0.05, 0.1) is 11.4 Å². The maximum absolute atomic E-state index is 12.6. The molecule has 0 bridgehead atoms. The van der Waals surface area contributed by atoms with Crippen LogP contribution in [0.4, 0.5) is 5.82 Å². The lowest BCUT2D eigenvalue weighted by atomic mass is 10.2. The zero-order valence-electron chi connectivity index (χ0n) is 13.0. The van der Waals surface area contributed by atoms with Gasteiger partial charge >= 0.3 is 0 Å². The van der Waals surface area contributed by atoms with Gasteiger partial charge in [-0.05, 0) is 55.7 Å². The van der Waals surface area contributed by atoms with Crippen molar-refractivity contribution in [1.82, 2.24) is 9.78 Å². The van der Waals surface area contributed by atoms with Crippen molar-refractivity contribution in [3.05, 3.63) is 76.4 Å². The lowest BCUT2D eigenvalue weighted by Gasteiger charge is -2.11. The van der Waals surface area contributed by atoms with Gasteiger partial charge in [-0.15, -0.1) is 0 Å². The van der Waals surface area contributed by atoms with E-state index in [4.69, 9.17) is 16.7 Å². The topological polar surface area (TPSA) is 46.9 Å². The van der Waals surface area contributed by atoms with Crippen LogP contribution in [-0.2, 0) is 12.8 Å². The standard InChI is InChI=1S/C19H16ClN3O/c20-14-11-9-13(10-12-14)19(24)21-18-16-7-4-8-17(16)22-23(18)15-5-2-1-3-6-15/h1-3,5-6,9-12H,4,7-8H2,(H,21,24). The maximum Gasteiger partial charge on any atom is 0.256 e. The van der Waals surface area contributed by atoms with Gasteiger partial charge in [0.25, 0.3) is 5.91 Å². The number of fused-ring (bicyclic) bond motifs is 1. The minimum atomic E-state index is -0.154. The third-order valence-corrected chi connectivity index (χ3v) is 4.50. The van der Waals surface area contributed by atoms with Crippen LogP contribution in [0.2, 0.25) is 5.02 Å². The van der Waals surface area contributed by atoms with Crippen LogP contribution in [0.15, 0.2) is 54.6 Å². The van der Waals surface area contributed by atoms with Gasteiger partial charge in [-0.25, -0.2) is 4.68 Å². The second kappa shape index (κ2) is 6.13. The van der Waals surface area contributed by atoms with Gasteiger partial charge in [-0.2, -0.15) is 5.10 Å². The fourth-order valence-electron chi connectivity index (χ4n) is 3.06. The average molecular weight is 338 g/mol. The Morgan fingerprint density at radius 3 is 2.54 bits per heavy atom. The molecule has 0 unspecified atom stereocenters. The largest absolute Gasteiger partial charge is 0.306 e. The first kappa shape index (κ1) is 15.0. The first-order valence-corrected chi connectivity index (χ1v) is 8.33. The van der Waals surface area contributed by atoms with Gasteiger partial charge in [0, 0.05) is 16.1 Å². The molecule has 24 heavy (non-hydrogen) atoms. The predicted molar refractivity (Wildman–Crippen MR) is 95.0 cm³/mol. The number of aromatic nitrogens is 2. The molecule has 0 saturated carbocycles. The molecule has 0 spiro atoms. The van der Waals surface area contributed by atoms with Crippen LogP contribution >= 0.6 is 11.6 Å². The Morgan fingerprint density at radius 1 is 1.04 bits per heavy atom. The Hall–Kier alpha value is -2.59. The van der Waals surface area contributed by atoms with Crippen molar-refractivity contribution < 1.29 is 4.79 Å². The number of anilines is 1. The van der Waals surface area contributed by atoms with Crippen LogP contribution in [0.5, 0.6) is 0 Å². The minimum Gasteiger partial charge on any atom is -0.306 e. The molecule has 1 aliphatic rings. The summed E-state index contributed by atoms with van der Waals surface area (Å²) in [6.07, 6.45) is 2.98. The molecule has 0 fully saturated rings. The smallest absolute Gasteiger partial charge is 0.256 e. The van der Waals surface area contributed by atoms with Crippen LogP contribution in [-0.4, -0.2) is 15.7 Å². The summed E-state index contributed by atoms with van der Waals surface area (Å²) in [5, 5.41) is 8.36. The van der Waals surface area contributed by atoms with Gasteiger partial charge in [0.1, 0.15) is 5.82 Å². The van der Waals surface area contributed by atoms with Crippen LogP contribution in [0.25, 0.3) is 5.69 Å². The highest BCUT2D eigenvalue weighted by Crippen LogP contribution is 2.31. The Balaban J connectivity index is 1.72. The number of carbonyl (C=O) groups is 1. The van der Waals surface area contributed by atoms with Crippen LogP contribution in [0.3, 0.4) is 0 Å². The zero-order valence-corrected chi connectivity index (χ0v) is 13.8. The van der Waals surface area contributed by atoms with Crippen molar-refractivity contribution >= 4 is 23.3 Å². The molecule has 1 heterocycles. The monoisotopic (exact) mass is 337 g/mol. The molecule has 4 nitrogen and oxygen atoms in total. The van der Waals surface area contributed by atoms with Gasteiger partial charge in [0.2, 0.25) is 0 Å². The molecule has 2 aromatic carbocycles. The van der Waals surface area contributed by atoms with E-state index in [1.165, 1.54) is 0 Å². The number of rotatable bonds is 3. The van der Waals surface area contributed by atoms with E-state index < -0.39 is 0 Å². The van der Waals surface area contributed by atoms with E-state index in [1.54, 1.807) is 24.3 Å². The molecule has 5 heteroatoms. The third-order valence-electron chi connectivity index (χ3n) is 4.25. The summed E-state index contributed by atoms with van der Waals surface area (Å²) in [5.74, 6) is 0.618. The number of hydrogen-bond donors (Lipinski definition) is 1. The molecular weight excluding hydrogens is 322 g/mol. The van der Waals surface area contributed by atoms with E-state index in [9.17, 15) is 4.79 Å². The summed E-state index contributed by atoms with van der Waals surface area (Å²) in [5.41, 5.74) is 3.73. The molecular formula is C19H16ClN3O. The minimum absolute atomic E-state index is 0.154. The first-order chi connectivity index (χ1) is 11.7. The van der Waals surface area contributed by atoms with E-state index in [2.05, 4.69) is 5.32 Å².